The molecule has 0 bridgehead atoms. The molecule has 1 saturated carbocycles. The summed E-state index contributed by atoms with van der Waals surface area (Å²) >= 11 is 0. The zero-order valence-corrected chi connectivity index (χ0v) is 10.5. The van der Waals surface area contributed by atoms with Crippen molar-refractivity contribution in [2.24, 2.45) is 11.7 Å². The minimum atomic E-state index is 0.467. The molecule has 1 aliphatic rings. The molecule has 0 aromatic rings. The largest absolute Gasteiger partial charge is 0.327 e. The maximum atomic E-state index is 6.18. The standard InChI is InChI=1S/C13H28N2/c1-3-5-10-15(4-2)11-12-8-6-7-9-13(12)14/h12-13H,3-11,14H2,1-2H3. The third kappa shape index (κ3) is 4.52. The lowest BCUT2D eigenvalue weighted by Crippen LogP contribution is -2.41. The Kier molecular flexibility index (Phi) is 6.26. The second-order valence-corrected chi connectivity index (χ2v) is 4.96. The van der Waals surface area contributed by atoms with Gasteiger partial charge in [-0.05, 0) is 38.3 Å². The van der Waals surface area contributed by atoms with Crippen LogP contribution < -0.4 is 5.73 Å². The van der Waals surface area contributed by atoms with E-state index in [0.717, 1.165) is 5.92 Å². The van der Waals surface area contributed by atoms with Crippen LogP contribution >= 0.6 is 0 Å². The first kappa shape index (κ1) is 13.0. The molecule has 90 valence electrons. The molecular formula is C13H28N2. The molecule has 0 spiro atoms. The predicted octanol–water partition coefficient (Wildman–Crippen LogP) is 2.63. The molecule has 0 aliphatic heterocycles. The molecule has 1 fully saturated rings. The Bertz CT molecular complexity index is 159. The van der Waals surface area contributed by atoms with E-state index in [1.54, 1.807) is 0 Å². The van der Waals surface area contributed by atoms with Gasteiger partial charge in [-0.15, -0.1) is 0 Å². The minimum absolute atomic E-state index is 0.467. The molecule has 0 aromatic carbocycles. The number of rotatable bonds is 6. The molecule has 2 unspecified atom stereocenters. The van der Waals surface area contributed by atoms with Crippen molar-refractivity contribution in [2.75, 3.05) is 19.6 Å². The zero-order chi connectivity index (χ0) is 11.1. The molecule has 0 aromatic heterocycles. The number of hydrogen-bond acceptors (Lipinski definition) is 2. The van der Waals surface area contributed by atoms with Gasteiger partial charge in [0.1, 0.15) is 0 Å². The van der Waals surface area contributed by atoms with Crippen molar-refractivity contribution in [2.45, 2.75) is 58.4 Å². The van der Waals surface area contributed by atoms with Crippen molar-refractivity contribution >= 4 is 0 Å². The number of nitrogens with two attached hydrogens (primary N) is 1. The fraction of sp³-hybridized carbons (Fsp3) is 1.00. The van der Waals surface area contributed by atoms with E-state index < -0.39 is 0 Å². The Morgan fingerprint density at radius 1 is 1.20 bits per heavy atom. The zero-order valence-electron chi connectivity index (χ0n) is 10.5. The van der Waals surface area contributed by atoms with E-state index in [2.05, 4.69) is 18.7 Å². The first-order valence-electron chi connectivity index (χ1n) is 6.75. The van der Waals surface area contributed by atoms with E-state index in [-0.39, 0.29) is 0 Å². The van der Waals surface area contributed by atoms with Crippen molar-refractivity contribution in [3.8, 4) is 0 Å². The van der Waals surface area contributed by atoms with Crippen molar-refractivity contribution in [3.05, 3.63) is 0 Å². The summed E-state index contributed by atoms with van der Waals surface area (Å²) in [6.45, 7) is 8.21. The Balaban J connectivity index is 2.29. The lowest BCUT2D eigenvalue weighted by molar-refractivity contribution is 0.188. The predicted molar refractivity (Wildman–Crippen MR) is 67.0 cm³/mol. The van der Waals surface area contributed by atoms with E-state index in [1.807, 2.05) is 0 Å². The van der Waals surface area contributed by atoms with Crippen LogP contribution in [0.1, 0.15) is 52.4 Å². The summed E-state index contributed by atoms with van der Waals surface area (Å²) in [7, 11) is 0. The monoisotopic (exact) mass is 212 g/mol. The van der Waals surface area contributed by atoms with E-state index in [4.69, 9.17) is 5.73 Å². The van der Waals surface area contributed by atoms with Crippen molar-refractivity contribution in [3.63, 3.8) is 0 Å². The molecular weight excluding hydrogens is 184 g/mol. The van der Waals surface area contributed by atoms with Gasteiger partial charge in [0.15, 0.2) is 0 Å². The highest BCUT2D eigenvalue weighted by Gasteiger charge is 2.23. The van der Waals surface area contributed by atoms with Crippen LogP contribution in [-0.4, -0.2) is 30.6 Å². The molecule has 0 saturated heterocycles. The molecule has 0 amide bonds. The SMILES string of the molecule is CCCCN(CC)CC1CCCCC1N. The van der Waals surface area contributed by atoms with Gasteiger partial charge in [0.05, 0.1) is 0 Å². The Morgan fingerprint density at radius 3 is 2.53 bits per heavy atom. The fourth-order valence-electron chi connectivity index (χ4n) is 2.55. The summed E-state index contributed by atoms with van der Waals surface area (Å²) in [4.78, 5) is 2.58. The van der Waals surface area contributed by atoms with Crippen LogP contribution in [0.3, 0.4) is 0 Å². The molecule has 0 heterocycles. The Labute approximate surface area is 95.2 Å². The molecule has 2 heteroatoms. The van der Waals surface area contributed by atoms with Gasteiger partial charge in [-0.25, -0.2) is 0 Å². The molecule has 2 nitrogen and oxygen atoms in total. The van der Waals surface area contributed by atoms with Crippen molar-refractivity contribution in [1.82, 2.24) is 4.90 Å². The first-order valence-corrected chi connectivity index (χ1v) is 6.75. The second-order valence-electron chi connectivity index (χ2n) is 4.96. The highest BCUT2D eigenvalue weighted by atomic mass is 15.1. The Hall–Kier alpha value is -0.0800. The Morgan fingerprint density at radius 2 is 1.93 bits per heavy atom. The van der Waals surface area contributed by atoms with Crippen molar-refractivity contribution in [1.29, 1.82) is 0 Å². The molecule has 2 N–H and O–H groups in total. The maximum absolute atomic E-state index is 6.18. The topological polar surface area (TPSA) is 29.3 Å². The van der Waals surface area contributed by atoms with Crippen molar-refractivity contribution < 1.29 is 0 Å². The van der Waals surface area contributed by atoms with Gasteiger partial charge < -0.3 is 10.6 Å². The third-order valence-electron chi connectivity index (χ3n) is 3.74. The van der Waals surface area contributed by atoms with Crippen LogP contribution in [0.15, 0.2) is 0 Å². The normalized spacial score (nSPS) is 27.2. The summed E-state index contributed by atoms with van der Waals surface area (Å²) in [6, 6.07) is 0.467. The van der Waals surface area contributed by atoms with Gasteiger partial charge in [-0.2, -0.15) is 0 Å². The summed E-state index contributed by atoms with van der Waals surface area (Å²) < 4.78 is 0. The smallest absolute Gasteiger partial charge is 0.00793 e. The number of unbranched alkanes of at least 4 members (excludes halogenated alkanes) is 1. The molecule has 1 aliphatic carbocycles. The van der Waals surface area contributed by atoms with Crippen LogP contribution in [0, 0.1) is 5.92 Å². The number of nitrogens with zero attached hydrogens (tertiary/aromatic N) is 1. The lowest BCUT2D eigenvalue weighted by atomic mass is 9.84. The number of hydrogen-bond donors (Lipinski definition) is 1. The summed E-state index contributed by atoms with van der Waals surface area (Å²) in [5.41, 5.74) is 6.18. The first-order chi connectivity index (χ1) is 7.27. The second kappa shape index (κ2) is 7.24. The van der Waals surface area contributed by atoms with Crippen LogP contribution in [0.5, 0.6) is 0 Å². The van der Waals surface area contributed by atoms with Crippen LogP contribution in [-0.2, 0) is 0 Å². The van der Waals surface area contributed by atoms with E-state index >= 15 is 0 Å². The van der Waals surface area contributed by atoms with Gasteiger partial charge in [0.2, 0.25) is 0 Å². The van der Waals surface area contributed by atoms with E-state index in [9.17, 15) is 0 Å². The molecule has 0 radical (unpaired) electrons. The van der Waals surface area contributed by atoms with E-state index in [0.29, 0.717) is 6.04 Å². The van der Waals surface area contributed by atoms with E-state index in [1.165, 1.54) is 58.2 Å². The lowest BCUT2D eigenvalue weighted by Gasteiger charge is -2.33. The van der Waals surface area contributed by atoms with Gasteiger partial charge in [0, 0.05) is 12.6 Å². The van der Waals surface area contributed by atoms with Gasteiger partial charge >= 0.3 is 0 Å². The third-order valence-corrected chi connectivity index (χ3v) is 3.74. The minimum Gasteiger partial charge on any atom is -0.327 e. The fourth-order valence-corrected chi connectivity index (χ4v) is 2.55. The highest BCUT2D eigenvalue weighted by molar-refractivity contribution is 4.80. The van der Waals surface area contributed by atoms with Gasteiger partial charge in [0.25, 0.3) is 0 Å². The quantitative estimate of drug-likeness (QED) is 0.733. The van der Waals surface area contributed by atoms with Crippen LogP contribution in [0.4, 0.5) is 0 Å². The summed E-state index contributed by atoms with van der Waals surface area (Å²) in [5.74, 6) is 0.760. The average Bonchev–Trinajstić information content (AvgIpc) is 2.26. The van der Waals surface area contributed by atoms with Gasteiger partial charge in [-0.1, -0.05) is 33.1 Å². The highest BCUT2D eigenvalue weighted by Crippen LogP contribution is 2.23. The van der Waals surface area contributed by atoms with Crippen LogP contribution in [0.25, 0.3) is 0 Å². The molecule has 15 heavy (non-hydrogen) atoms. The maximum Gasteiger partial charge on any atom is 0.00793 e. The van der Waals surface area contributed by atoms with Gasteiger partial charge in [-0.3, -0.25) is 0 Å². The summed E-state index contributed by atoms with van der Waals surface area (Å²) in [5, 5.41) is 0. The molecule has 2 atom stereocenters. The summed E-state index contributed by atoms with van der Waals surface area (Å²) in [6.07, 6.45) is 7.96. The molecule has 1 rings (SSSR count). The average molecular weight is 212 g/mol. The van der Waals surface area contributed by atoms with Crippen LogP contribution in [0.2, 0.25) is 0 Å².